The van der Waals surface area contributed by atoms with Crippen LogP contribution in [-0.4, -0.2) is 21.0 Å². The van der Waals surface area contributed by atoms with E-state index in [2.05, 4.69) is 15.3 Å². The average Bonchev–Trinajstić information content (AvgIpc) is 3.15. The molecule has 4 aromatic heterocycles. The van der Waals surface area contributed by atoms with Crippen LogP contribution in [0.4, 0.5) is 5.69 Å². The van der Waals surface area contributed by atoms with Crippen molar-refractivity contribution in [3.05, 3.63) is 58.6 Å². The number of hydrogen-bond acceptors (Lipinski definition) is 5. The number of furan rings is 2. The fraction of sp³-hybridized carbons (Fsp3) is 0.105. The first kappa shape index (κ1) is 16.4. The highest BCUT2D eigenvalue weighted by atomic mass is 35.5. The van der Waals surface area contributed by atoms with Gasteiger partial charge in [0.1, 0.15) is 5.58 Å². The van der Waals surface area contributed by atoms with Crippen molar-refractivity contribution in [1.82, 2.24) is 9.97 Å². The zero-order valence-corrected chi connectivity index (χ0v) is 14.8. The third-order valence-electron chi connectivity index (χ3n) is 4.13. The molecule has 26 heavy (non-hydrogen) atoms. The second-order valence-electron chi connectivity index (χ2n) is 6.01. The second-order valence-corrected chi connectivity index (χ2v) is 6.41. The van der Waals surface area contributed by atoms with Crippen molar-refractivity contribution in [2.75, 3.05) is 5.32 Å². The summed E-state index contributed by atoms with van der Waals surface area (Å²) in [6, 6.07) is 6.67. The number of hydrogen-bond donors (Lipinski definition) is 2. The van der Waals surface area contributed by atoms with Crippen LogP contribution < -0.4 is 5.32 Å². The van der Waals surface area contributed by atoms with Gasteiger partial charge in [0.15, 0.2) is 11.3 Å². The van der Waals surface area contributed by atoms with Crippen molar-refractivity contribution >= 4 is 34.4 Å². The highest BCUT2D eigenvalue weighted by Crippen LogP contribution is 2.43. The summed E-state index contributed by atoms with van der Waals surface area (Å²) < 4.78 is 5.60. The summed E-state index contributed by atoms with van der Waals surface area (Å²) in [5.74, 6) is -0.369. The Morgan fingerprint density at radius 2 is 2.04 bits per heavy atom. The van der Waals surface area contributed by atoms with Gasteiger partial charge in [0, 0.05) is 23.5 Å². The molecule has 4 rings (SSSR count). The number of aryl methyl sites for hydroxylation is 2. The molecule has 7 heteroatoms. The molecule has 4 heterocycles. The summed E-state index contributed by atoms with van der Waals surface area (Å²) in [6.45, 7) is 3.63. The van der Waals surface area contributed by atoms with Crippen LogP contribution in [-0.2, 0) is 0 Å². The Kier molecular flexibility index (Phi) is 3.77. The quantitative estimate of drug-likeness (QED) is 0.554. The molecule has 0 saturated heterocycles. The minimum atomic E-state index is -0.370. The van der Waals surface area contributed by atoms with Gasteiger partial charge in [0.25, 0.3) is 5.91 Å². The Balaban J connectivity index is 1.79. The first-order valence-electron chi connectivity index (χ1n) is 7.88. The zero-order chi connectivity index (χ0) is 18.4. The molecule has 6 nitrogen and oxygen atoms in total. The molecular formula is C19H14ClN3O3. The Hall–Kier alpha value is -3.12. The summed E-state index contributed by atoms with van der Waals surface area (Å²) in [5, 5.41) is 13.3. The highest BCUT2D eigenvalue weighted by Gasteiger charge is 2.27. The summed E-state index contributed by atoms with van der Waals surface area (Å²) in [4.78, 5) is 21.2. The van der Waals surface area contributed by atoms with E-state index in [4.69, 9.17) is 16.0 Å². The molecule has 1 amide bonds. The number of benzene rings is 1. The van der Waals surface area contributed by atoms with E-state index in [0.29, 0.717) is 33.1 Å². The Bertz CT molecular complexity index is 1140. The van der Waals surface area contributed by atoms with Crippen LogP contribution in [0.15, 0.2) is 41.1 Å². The van der Waals surface area contributed by atoms with E-state index < -0.39 is 0 Å². The van der Waals surface area contributed by atoms with E-state index in [1.54, 1.807) is 25.3 Å². The van der Waals surface area contributed by atoms with Crippen LogP contribution in [0, 0.1) is 13.8 Å². The van der Waals surface area contributed by atoms with E-state index in [1.807, 2.05) is 13.0 Å². The van der Waals surface area contributed by atoms with Crippen molar-refractivity contribution in [3.8, 4) is 16.9 Å². The van der Waals surface area contributed by atoms with Crippen molar-refractivity contribution in [1.29, 1.82) is 0 Å². The van der Waals surface area contributed by atoms with Crippen molar-refractivity contribution < 1.29 is 14.3 Å². The molecule has 0 aliphatic carbocycles. The van der Waals surface area contributed by atoms with Gasteiger partial charge in [-0.25, -0.2) is 0 Å². The molecule has 0 atom stereocenters. The van der Waals surface area contributed by atoms with Gasteiger partial charge in [-0.2, -0.15) is 0 Å². The zero-order valence-electron chi connectivity index (χ0n) is 14.0. The van der Waals surface area contributed by atoms with E-state index in [1.165, 1.54) is 12.3 Å². The number of nitrogens with one attached hydrogen (secondary N) is 1. The van der Waals surface area contributed by atoms with Gasteiger partial charge in [0.05, 0.1) is 28.2 Å². The van der Waals surface area contributed by atoms with E-state index in [9.17, 15) is 9.90 Å². The summed E-state index contributed by atoms with van der Waals surface area (Å²) >= 11 is 6.07. The molecule has 0 saturated carbocycles. The molecule has 0 aliphatic rings. The predicted molar refractivity (Wildman–Crippen MR) is 99.0 cm³/mol. The predicted octanol–water partition coefficient (Wildman–Crippen LogP) is 4.56. The molecule has 4 aromatic rings. The third-order valence-corrected chi connectivity index (χ3v) is 4.51. The second kappa shape index (κ2) is 6.00. The van der Waals surface area contributed by atoms with E-state index in [0.717, 1.165) is 11.3 Å². The maximum absolute atomic E-state index is 12.9. The number of aromatic nitrogens is 2. The molecule has 0 aliphatic heterocycles. The number of pyridine rings is 2. The van der Waals surface area contributed by atoms with Gasteiger partial charge in [-0.3, -0.25) is 14.8 Å². The number of halogens is 1. The molecule has 2 bridgehead atoms. The summed E-state index contributed by atoms with van der Waals surface area (Å²) in [7, 11) is 0. The van der Waals surface area contributed by atoms with Crippen LogP contribution >= 0.6 is 11.6 Å². The van der Waals surface area contributed by atoms with Gasteiger partial charge in [0.2, 0.25) is 0 Å². The molecule has 0 radical (unpaired) electrons. The molecule has 0 fully saturated rings. The minimum Gasteiger partial charge on any atom is -0.504 e. The van der Waals surface area contributed by atoms with Crippen LogP contribution in [0.25, 0.3) is 22.3 Å². The SMILES string of the molecule is Cc1cc(-c2c(C(=O)Nc3cnc(C)c(Cl)c3)c3cc(O)c2o3)ccn1. The van der Waals surface area contributed by atoms with Crippen molar-refractivity contribution in [2.24, 2.45) is 0 Å². The van der Waals surface area contributed by atoms with Gasteiger partial charge in [-0.1, -0.05) is 11.6 Å². The standard InChI is InChI=1S/C19H14ClN3O3/c1-9-5-11(3-4-21-9)16-17(15-7-14(24)18(16)26-15)19(25)23-12-6-13(20)10(2)22-8-12/h3-8,24H,1-2H3,(H,23,25). The Labute approximate surface area is 153 Å². The number of carbonyl (C=O) groups excluding carboxylic acids is 1. The Morgan fingerprint density at radius 3 is 2.77 bits per heavy atom. The number of carbonyl (C=O) groups is 1. The smallest absolute Gasteiger partial charge is 0.260 e. The number of phenols is 1. The molecule has 130 valence electrons. The average molecular weight is 368 g/mol. The van der Waals surface area contributed by atoms with Crippen LogP contribution in [0.5, 0.6) is 5.75 Å². The van der Waals surface area contributed by atoms with Crippen LogP contribution in [0.3, 0.4) is 0 Å². The number of phenolic OH excluding ortho intramolecular Hbond substituents is 1. The fourth-order valence-corrected chi connectivity index (χ4v) is 3.06. The topological polar surface area (TPSA) is 88.2 Å². The van der Waals surface area contributed by atoms with Gasteiger partial charge in [-0.15, -0.1) is 0 Å². The number of nitrogens with zero attached hydrogens (tertiary/aromatic N) is 2. The highest BCUT2D eigenvalue weighted by molar-refractivity contribution is 6.31. The largest absolute Gasteiger partial charge is 0.504 e. The van der Waals surface area contributed by atoms with Gasteiger partial charge < -0.3 is 14.8 Å². The molecule has 0 unspecified atom stereocenters. The first-order valence-corrected chi connectivity index (χ1v) is 8.26. The lowest BCUT2D eigenvalue weighted by Gasteiger charge is -2.09. The van der Waals surface area contributed by atoms with E-state index in [-0.39, 0.29) is 17.2 Å². The molecule has 0 spiro atoms. The maximum atomic E-state index is 12.9. The lowest BCUT2D eigenvalue weighted by Crippen LogP contribution is -2.13. The van der Waals surface area contributed by atoms with Crippen molar-refractivity contribution in [2.45, 2.75) is 13.8 Å². The fourth-order valence-electron chi connectivity index (χ4n) is 2.89. The number of amides is 1. The van der Waals surface area contributed by atoms with Crippen LogP contribution in [0.2, 0.25) is 5.02 Å². The lowest BCUT2D eigenvalue weighted by atomic mass is 9.99. The lowest BCUT2D eigenvalue weighted by molar-refractivity contribution is 0.102. The van der Waals surface area contributed by atoms with Crippen molar-refractivity contribution in [3.63, 3.8) is 0 Å². The van der Waals surface area contributed by atoms with Gasteiger partial charge >= 0.3 is 0 Å². The normalized spacial score (nSPS) is 11.2. The number of rotatable bonds is 3. The monoisotopic (exact) mass is 367 g/mol. The summed E-state index contributed by atoms with van der Waals surface area (Å²) in [5.41, 5.74) is 4.16. The number of anilines is 1. The first-order chi connectivity index (χ1) is 12.4. The molecule has 0 aromatic carbocycles. The number of fused-ring (bicyclic) bond motifs is 2. The minimum absolute atomic E-state index is 0.000984. The van der Waals surface area contributed by atoms with E-state index >= 15 is 0 Å². The Morgan fingerprint density at radius 1 is 1.23 bits per heavy atom. The molecule has 2 N–H and O–H groups in total. The maximum Gasteiger partial charge on any atom is 0.260 e. The molecular weight excluding hydrogens is 354 g/mol. The van der Waals surface area contributed by atoms with Crippen LogP contribution in [0.1, 0.15) is 21.7 Å². The number of aromatic hydroxyl groups is 1. The summed E-state index contributed by atoms with van der Waals surface area (Å²) in [6.07, 6.45) is 3.18. The third kappa shape index (κ3) is 2.64. The van der Waals surface area contributed by atoms with Gasteiger partial charge in [-0.05, 0) is 37.6 Å².